The van der Waals surface area contributed by atoms with Crippen molar-refractivity contribution in [1.29, 1.82) is 5.26 Å². The maximum atomic E-state index is 12.3. The predicted octanol–water partition coefficient (Wildman–Crippen LogP) is 3.26. The summed E-state index contributed by atoms with van der Waals surface area (Å²) in [5, 5.41) is 19.2. The molecule has 7 nitrogen and oxygen atoms in total. The summed E-state index contributed by atoms with van der Waals surface area (Å²) in [5.41, 5.74) is 5.41. The van der Waals surface area contributed by atoms with Crippen molar-refractivity contribution in [3.63, 3.8) is 0 Å². The molecule has 166 valence electrons. The van der Waals surface area contributed by atoms with Gasteiger partial charge in [-0.3, -0.25) is 9.78 Å². The van der Waals surface area contributed by atoms with Crippen LogP contribution >= 0.6 is 0 Å². The van der Waals surface area contributed by atoms with Crippen molar-refractivity contribution in [3.05, 3.63) is 47.4 Å². The molecular weight excluding hydrogens is 402 g/mol. The molecule has 1 saturated heterocycles. The Morgan fingerprint density at radius 2 is 2.19 bits per heavy atom. The number of anilines is 1. The van der Waals surface area contributed by atoms with E-state index in [1.807, 2.05) is 30.9 Å². The Labute approximate surface area is 189 Å². The number of hydrogen-bond acceptors (Lipinski definition) is 6. The first kappa shape index (κ1) is 22.0. The lowest BCUT2D eigenvalue weighted by atomic mass is 9.93. The Kier molecular flexibility index (Phi) is 6.24. The van der Waals surface area contributed by atoms with Gasteiger partial charge in [-0.25, -0.2) is 4.98 Å². The smallest absolute Gasteiger partial charge is 0.225 e. The van der Waals surface area contributed by atoms with Crippen molar-refractivity contribution >= 4 is 17.8 Å². The van der Waals surface area contributed by atoms with Crippen molar-refractivity contribution < 1.29 is 9.90 Å². The Morgan fingerprint density at radius 3 is 2.81 bits per heavy atom. The van der Waals surface area contributed by atoms with Crippen LogP contribution in [0.5, 0.6) is 0 Å². The second-order valence-electron chi connectivity index (χ2n) is 8.61. The number of nitrogens with zero attached hydrogens (tertiary/aromatic N) is 5. The highest BCUT2D eigenvalue weighted by Gasteiger charge is 2.34. The number of aliphatic hydroxyl groups excluding tert-OH is 1. The van der Waals surface area contributed by atoms with Crippen LogP contribution < -0.4 is 4.90 Å². The zero-order chi connectivity index (χ0) is 22.8. The quantitative estimate of drug-likeness (QED) is 0.755. The van der Waals surface area contributed by atoms with E-state index in [2.05, 4.69) is 22.5 Å². The van der Waals surface area contributed by atoms with E-state index in [-0.39, 0.29) is 25.0 Å². The summed E-state index contributed by atoms with van der Waals surface area (Å²) in [6, 6.07) is 6.35. The van der Waals surface area contributed by atoms with Crippen LogP contribution in [-0.4, -0.2) is 58.2 Å². The van der Waals surface area contributed by atoms with E-state index >= 15 is 0 Å². The van der Waals surface area contributed by atoms with Crippen LogP contribution in [0.4, 0.5) is 5.82 Å². The summed E-state index contributed by atoms with van der Waals surface area (Å²) in [7, 11) is 0. The van der Waals surface area contributed by atoms with E-state index in [4.69, 9.17) is 10.1 Å². The average molecular weight is 432 g/mol. The molecule has 1 unspecified atom stereocenters. The van der Waals surface area contributed by atoms with E-state index in [0.717, 1.165) is 46.7 Å². The van der Waals surface area contributed by atoms with Crippen molar-refractivity contribution in [2.24, 2.45) is 0 Å². The van der Waals surface area contributed by atoms with E-state index in [9.17, 15) is 10.1 Å². The molecule has 1 aliphatic heterocycles. The normalized spacial score (nSPS) is 18.4. The Hall–Kier alpha value is -3.24. The van der Waals surface area contributed by atoms with Gasteiger partial charge >= 0.3 is 0 Å². The van der Waals surface area contributed by atoms with Gasteiger partial charge in [0.25, 0.3) is 0 Å². The number of pyridine rings is 2. The lowest BCUT2D eigenvalue weighted by Crippen LogP contribution is -2.54. The maximum Gasteiger partial charge on any atom is 0.225 e. The third-order valence-electron chi connectivity index (χ3n) is 6.38. The minimum atomic E-state index is -0.139. The lowest BCUT2D eigenvalue weighted by molar-refractivity contribution is -0.134. The molecule has 2 fully saturated rings. The molecule has 7 heteroatoms. The number of rotatable bonds is 6. The highest BCUT2D eigenvalue weighted by atomic mass is 16.3. The number of nitriles is 1. The zero-order valence-corrected chi connectivity index (χ0v) is 18.7. The fourth-order valence-electron chi connectivity index (χ4n) is 4.57. The number of aliphatic hydroxyl groups is 1. The molecule has 2 aromatic heterocycles. The third-order valence-corrected chi connectivity index (χ3v) is 6.38. The van der Waals surface area contributed by atoms with Gasteiger partial charge in [0, 0.05) is 49.8 Å². The number of carbonyl (C=O) groups excluding carboxylic acids is 1. The summed E-state index contributed by atoms with van der Waals surface area (Å²) in [4.78, 5) is 25.6. The van der Waals surface area contributed by atoms with Gasteiger partial charge in [-0.1, -0.05) is 6.58 Å². The molecule has 0 radical (unpaired) electrons. The van der Waals surface area contributed by atoms with Crippen LogP contribution in [0.1, 0.15) is 54.6 Å². The molecular formula is C25H29N5O2. The first-order valence-corrected chi connectivity index (χ1v) is 11.2. The lowest BCUT2D eigenvalue weighted by Gasteiger charge is -2.41. The molecule has 0 bridgehead atoms. The molecule has 0 aromatic carbocycles. The molecule has 32 heavy (non-hydrogen) atoms. The van der Waals surface area contributed by atoms with Gasteiger partial charge < -0.3 is 14.9 Å². The number of aromatic nitrogens is 2. The highest BCUT2D eigenvalue weighted by Crippen LogP contribution is 2.46. The number of hydrogen-bond donors (Lipinski definition) is 1. The van der Waals surface area contributed by atoms with E-state index in [1.54, 1.807) is 12.3 Å². The minimum absolute atomic E-state index is 0.0177. The third kappa shape index (κ3) is 4.11. The first-order chi connectivity index (χ1) is 15.5. The topological polar surface area (TPSA) is 93.4 Å². The SMILES string of the molecule is C=Cc1cc(-c2c(C3CC3)nc(N3CCN(C(=O)CCO)C(C)C3)c(C#N)c2C)ccn1. The van der Waals surface area contributed by atoms with Gasteiger partial charge in [0.2, 0.25) is 5.91 Å². The molecule has 1 atom stereocenters. The molecule has 1 amide bonds. The van der Waals surface area contributed by atoms with Crippen molar-refractivity contribution in [3.8, 4) is 17.2 Å². The molecule has 0 spiro atoms. The van der Waals surface area contributed by atoms with E-state index in [1.165, 1.54) is 0 Å². The van der Waals surface area contributed by atoms with Crippen LogP contribution in [-0.2, 0) is 4.79 Å². The summed E-state index contributed by atoms with van der Waals surface area (Å²) in [5.74, 6) is 1.09. The summed E-state index contributed by atoms with van der Waals surface area (Å²) in [6.07, 6.45) is 5.84. The van der Waals surface area contributed by atoms with Gasteiger partial charge in [-0.05, 0) is 56.0 Å². The van der Waals surface area contributed by atoms with Crippen LogP contribution in [0.15, 0.2) is 24.9 Å². The van der Waals surface area contributed by atoms with Crippen LogP contribution in [0, 0.1) is 18.3 Å². The monoisotopic (exact) mass is 431 g/mol. The Morgan fingerprint density at radius 1 is 1.41 bits per heavy atom. The molecule has 3 heterocycles. The highest BCUT2D eigenvalue weighted by molar-refractivity contribution is 5.79. The average Bonchev–Trinajstić information content (AvgIpc) is 3.64. The van der Waals surface area contributed by atoms with Crippen molar-refractivity contribution in [1.82, 2.24) is 14.9 Å². The molecule has 2 aromatic rings. The minimum Gasteiger partial charge on any atom is -0.396 e. The van der Waals surface area contributed by atoms with Gasteiger partial charge in [0.05, 0.1) is 23.6 Å². The molecule has 1 N–H and O–H groups in total. The summed E-state index contributed by atoms with van der Waals surface area (Å²) in [6.45, 7) is 9.47. The number of piperazine rings is 1. The fourth-order valence-corrected chi connectivity index (χ4v) is 4.57. The Balaban J connectivity index is 1.74. The molecule has 2 aliphatic rings. The van der Waals surface area contributed by atoms with Crippen LogP contribution in [0.2, 0.25) is 0 Å². The van der Waals surface area contributed by atoms with Crippen LogP contribution in [0.3, 0.4) is 0 Å². The van der Waals surface area contributed by atoms with Gasteiger partial charge in [-0.15, -0.1) is 0 Å². The number of amides is 1. The zero-order valence-electron chi connectivity index (χ0n) is 18.7. The first-order valence-electron chi connectivity index (χ1n) is 11.2. The molecule has 4 rings (SSSR count). The predicted molar refractivity (Wildman–Crippen MR) is 124 cm³/mol. The van der Waals surface area contributed by atoms with E-state index < -0.39 is 0 Å². The second-order valence-corrected chi connectivity index (χ2v) is 8.61. The summed E-state index contributed by atoms with van der Waals surface area (Å²) >= 11 is 0. The van der Waals surface area contributed by atoms with E-state index in [0.29, 0.717) is 31.1 Å². The number of carbonyl (C=O) groups is 1. The molecule has 1 aliphatic carbocycles. The largest absolute Gasteiger partial charge is 0.396 e. The van der Waals surface area contributed by atoms with Crippen molar-refractivity contribution in [2.75, 3.05) is 31.1 Å². The van der Waals surface area contributed by atoms with Gasteiger partial charge in [0.15, 0.2) is 0 Å². The van der Waals surface area contributed by atoms with Crippen molar-refractivity contribution in [2.45, 2.75) is 45.1 Å². The Bertz CT molecular complexity index is 1090. The molecule has 1 saturated carbocycles. The standard InChI is InChI=1S/C25H29N5O2/c1-4-20-13-19(7-9-27-20)23-17(3)21(14-26)25(28-24(23)18-5-6-18)29-10-11-30(16(2)15-29)22(32)8-12-31/h4,7,9,13,16,18,31H,1,5-6,8,10-12,15H2,2-3H3. The second kappa shape index (κ2) is 9.09. The van der Waals surface area contributed by atoms with Gasteiger partial charge in [-0.2, -0.15) is 5.26 Å². The van der Waals surface area contributed by atoms with Gasteiger partial charge in [0.1, 0.15) is 11.9 Å². The summed E-state index contributed by atoms with van der Waals surface area (Å²) < 4.78 is 0. The van der Waals surface area contributed by atoms with Crippen LogP contribution in [0.25, 0.3) is 17.2 Å². The maximum absolute atomic E-state index is 12.3. The fraction of sp³-hybridized carbons (Fsp3) is 0.440.